The van der Waals surface area contributed by atoms with Crippen LogP contribution in [0, 0.1) is 0 Å². The Kier molecular flexibility index (Phi) is 8.31. The second kappa shape index (κ2) is 11.5. The number of halogens is 4. The van der Waals surface area contributed by atoms with E-state index in [0.29, 0.717) is 29.6 Å². The van der Waals surface area contributed by atoms with Crippen LogP contribution >= 0.6 is 11.6 Å². The number of anilines is 1. The molecule has 0 spiro atoms. The number of nitrogens with zero attached hydrogens (tertiary/aromatic N) is 1. The number of aliphatic hydroxyl groups excluding tert-OH is 1. The number of aliphatic hydroxyl groups is 1. The van der Waals surface area contributed by atoms with Crippen LogP contribution in [0.2, 0.25) is 5.15 Å². The number of alkyl halides is 3. The molecule has 0 radical (unpaired) electrons. The number of aromatic amines is 1. The summed E-state index contributed by atoms with van der Waals surface area (Å²) < 4.78 is 74.5. The van der Waals surface area contributed by atoms with Crippen molar-refractivity contribution >= 4 is 38.2 Å². The van der Waals surface area contributed by atoms with E-state index in [0.717, 1.165) is 35.2 Å². The maximum Gasteiger partial charge on any atom is 0.573 e. The Morgan fingerprint density at radius 3 is 2.63 bits per heavy atom. The van der Waals surface area contributed by atoms with Gasteiger partial charge in [0, 0.05) is 36.3 Å². The van der Waals surface area contributed by atoms with Crippen molar-refractivity contribution in [1.29, 1.82) is 0 Å². The lowest BCUT2D eigenvalue weighted by Crippen LogP contribution is -2.26. The van der Waals surface area contributed by atoms with Crippen molar-refractivity contribution in [2.45, 2.75) is 17.4 Å². The van der Waals surface area contributed by atoms with Gasteiger partial charge in [0.1, 0.15) is 18.1 Å². The molecule has 202 valence electrons. The van der Waals surface area contributed by atoms with Crippen molar-refractivity contribution < 1.29 is 36.2 Å². The molecule has 38 heavy (non-hydrogen) atoms. The van der Waals surface area contributed by atoms with Gasteiger partial charge in [-0.05, 0) is 42.0 Å². The standard InChI is InChI=1S/C24H22ClF3N4O5S/c25-23-20-8-7-17(13-21(20)30-31-23)36-10-9-29-14-22(33)15-3-1-4-16(11-15)32-38(34,35)19-6-2-5-18(12-19)37-24(26,27)28/h1-8,11-13,22,29,32-33H,9-10,14H2,(H,30,31). The molecule has 0 aliphatic rings. The van der Waals surface area contributed by atoms with Crippen molar-refractivity contribution in [2.24, 2.45) is 0 Å². The fourth-order valence-corrected chi connectivity index (χ4v) is 4.81. The van der Waals surface area contributed by atoms with Gasteiger partial charge in [-0.2, -0.15) is 5.10 Å². The number of aromatic nitrogens is 2. The summed E-state index contributed by atoms with van der Waals surface area (Å²) in [7, 11) is -4.22. The molecule has 1 atom stereocenters. The molecule has 0 saturated heterocycles. The first-order chi connectivity index (χ1) is 18.0. The lowest BCUT2D eigenvalue weighted by molar-refractivity contribution is -0.274. The molecule has 4 aromatic rings. The van der Waals surface area contributed by atoms with Gasteiger partial charge in [0.15, 0.2) is 5.15 Å². The van der Waals surface area contributed by atoms with Crippen LogP contribution < -0.4 is 19.5 Å². The average Bonchev–Trinajstić information content (AvgIpc) is 3.22. The van der Waals surface area contributed by atoms with Crippen LogP contribution in [0.5, 0.6) is 11.5 Å². The molecule has 0 fully saturated rings. The summed E-state index contributed by atoms with van der Waals surface area (Å²) in [6, 6.07) is 15.4. The third-order valence-electron chi connectivity index (χ3n) is 5.25. The van der Waals surface area contributed by atoms with E-state index < -0.39 is 33.1 Å². The number of hydrogen-bond donors (Lipinski definition) is 4. The summed E-state index contributed by atoms with van der Waals surface area (Å²) in [5.41, 5.74) is 1.30. The Bertz CT molecular complexity index is 1510. The highest BCUT2D eigenvalue weighted by molar-refractivity contribution is 7.92. The van der Waals surface area contributed by atoms with Crippen LogP contribution in [-0.4, -0.2) is 49.8 Å². The van der Waals surface area contributed by atoms with Gasteiger partial charge in [-0.3, -0.25) is 9.82 Å². The summed E-state index contributed by atoms with van der Waals surface area (Å²) >= 11 is 5.96. The second-order valence-electron chi connectivity index (χ2n) is 8.04. The summed E-state index contributed by atoms with van der Waals surface area (Å²) in [6.45, 7) is 0.893. The van der Waals surface area contributed by atoms with Crippen molar-refractivity contribution in [1.82, 2.24) is 15.5 Å². The Hall–Kier alpha value is -3.52. The molecule has 3 aromatic carbocycles. The number of benzene rings is 3. The van der Waals surface area contributed by atoms with Gasteiger partial charge in [-0.25, -0.2) is 8.42 Å². The molecular weight excluding hydrogens is 549 g/mol. The van der Waals surface area contributed by atoms with Gasteiger partial charge >= 0.3 is 6.36 Å². The van der Waals surface area contributed by atoms with Crippen LogP contribution in [0.3, 0.4) is 0 Å². The number of rotatable bonds is 11. The molecule has 1 aromatic heterocycles. The lowest BCUT2D eigenvalue weighted by atomic mass is 10.1. The first kappa shape index (κ1) is 27.5. The molecule has 4 rings (SSSR count). The molecule has 0 aliphatic carbocycles. The van der Waals surface area contributed by atoms with E-state index in [1.54, 1.807) is 30.3 Å². The maximum atomic E-state index is 12.7. The Morgan fingerprint density at radius 2 is 1.84 bits per heavy atom. The van der Waals surface area contributed by atoms with E-state index >= 15 is 0 Å². The monoisotopic (exact) mass is 570 g/mol. The molecule has 0 aliphatic heterocycles. The van der Waals surface area contributed by atoms with Crippen molar-refractivity contribution in [2.75, 3.05) is 24.4 Å². The van der Waals surface area contributed by atoms with Crippen LogP contribution in [0.25, 0.3) is 10.9 Å². The summed E-state index contributed by atoms with van der Waals surface area (Å²) in [5, 5.41) is 21.4. The molecule has 1 unspecified atom stereocenters. The summed E-state index contributed by atoms with van der Waals surface area (Å²) in [6.07, 6.45) is -5.92. The predicted molar refractivity (Wildman–Crippen MR) is 135 cm³/mol. The van der Waals surface area contributed by atoms with E-state index in [4.69, 9.17) is 16.3 Å². The zero-order valence-corrected chi connectivity index (χ0v) is 21.1. The molecular formula is C24H22ClF3N4O5S. The average molecular weight is 571 g/mol. The minimum absolute atomic E-state index is 0.126. The minimum Gasteiger partial charge on any atom is -0.492 e. The van der Waals surface area contributed by atoms with Crippen LogP contribution in [0.15, 0.2) is 71.6 Å². The Labute approximate surface area is 220 Å². The van der Waals surface area contributed by atoms with Gasteiger partial charge in [0.05, 0.1) is 16.5 Å². The van der Waals surface area contributed by atoms with Gasteiger partial charge < -0.3 is 19.9 Å². The van der Waals surface area contributed by atoms with Gasteiger partial charge in [0.2, 0.25) is 0 Å². The van der Waals surface area contributed by atoms with Crippen molar-refractivity contribution in [3.05, 3.63) is 77.4 Å². The second-order valence-corrected chi connectivity index (χ2v) is 10.1. The Morgan fingerprint density at radius 1 is 1.05 bits per heavy atom. The van der Waals surface area contributed by atoms with Gasteiger partial charge in [-0.15, -0.1) is 13.2 Å². The van der Waals surface area contributed by atoms with Gasteiger partial charge in [0.25, 0.3) is 10.0 Å². The molecule has 4 N–H and O–H groups in total. The quantitative estimate of drug-likeness (QED) is 0.194. The zero-order valence-electron chi connectivity index (χ0n) is 19.5. The molecule has 14 heteroatoms. The SMILES string of the molecule is O=S(=O)(Nc1cccc(C(O)CNCCOc2ccc3c(Cl)n[nH]c3c2)c1)c1cccc(OC(F)(F)F)c1. The van der Waals surface area contributed by atoms with E-state index in [1.807, 2.05) is 0 Å². The molecule has 1 heterocycles. The van der Waals surface area contributed by atoms with E-state index in [-0.39, 0.29) is 12.2 Å². The van der Waals surface area contributed by atoms with Crippen molar-refractivity contribution in [3.8, 4) is 11.5 Å². The lowest BCUT2D eigenvalue weighted by Gasteiger charge is -2.15. The van der Waals surface area contributed by atoms with Crippen LogP contribution in [-0.2, 0) is 10.0 Å². The molecule has 0 bridgehead atoms. The molecule has 0 saturated carbocycles. The maximum absolute atomic E-state index is 12.7. The van der Waals surface area contributed by atoms with E-state index in [2.05, 4.69) is 25.0 Å². The highest BCUT2D eigenvalue weighted by atomic mass is 35.5. The summed E-state index contributed by atoms with van der Waals surface area (Å²) in [5.74, 6) is -0.0403. The minimum atomic E-state index is -4.95. The first-order valence-electron chi connectivity index (χ1n) is 11.1. The third kappa shape index (κ3) is 7.28. The highest BCUT2D eigenvalue weighted by Gasteiger charge is 2.31. The van der Waals surface area contributed by atoms with E-state index in [9.17, 15) is 26.7 Å². The fourth-order valence-electron chi connectivity index (χ4n) is 3.51. The summed E-state index contributed by atoms with van der Waals surface area (Å²) in [4.78, 5) is -0.415. The van der Waals surface area contributed by atoms with Crippen molar-refractivity contribution in [3.63, 3.8) is 0 Å². The molecule has 0 amide bonds. The van der Waals surface area contributed by atoms with Gasteiger partial charge in [-0.1, -0.05) is 29.8 Å². The first-order valence-corrected chi connectivity index (χ1v) is 13.0. The predicted octanol–water partition coefficient (Wildman–Crippen LogP) is 4.62. The number of hydrogen-bond acceptors (Lipinski definition) is 7. The number of ether oxygens (including phenoxy) is 2. The fraction of sp³-hybridized carbons (Fsp3) is 0.208. The largest absolute Gasteiger partial charge is 0.573 e. The third-order valence-corrected chi connectivity index (χ3v) is 6.91. The smallest absolute Gasteiger partial charge is 0.492 e. The highest BCUT2D eigenvalue weighted by Crippen LogP contribution is 2.27. The molecule has 9 nitrogen and oxygen atoms in total. The Balaban J connectivity index is 1.29. The number of nitrogens with one attached hydrogen (secondary N) is 3. The topological polar surface area (TPSA) is 126 Å². The number of fused-ring (bicyclic) bond motifs is 1. The normalized spacial score (nSPS) is 12.9. The van der Waals surface area contributed by atoms with E-state index in [1.165, 1.54) is 12.1 Å². The zero-order chi connectivity index (χ0) is 27.3. The number of H-pyrrole nitrogens is 1. The number of sulfonamides is 1. The van der Waals surface area contributed by atoms with Crippen LogP contribution in [0.1, 0.15) is 11.7 Å². The van der Waals surface area contributed by atoms with Crippen LogP contribution in [0.4, 0.5) is 18.9 Å².